The van der Waals surface area contributed by atoms with E-state index in [0.29, 0.717) is 0 Å². The van der Waals surface area contributed by atoms with Gasteiger partial charge in [-0.3, -0.25) is 4.90 Å². The molecular formula is C17H28N2O2. The monoisotopic (exact) mass is 292 g/mol. The van der Waals surface area contributed by atoms with Gasteiger partial charge in [-0.15, -0.1) is 0 Å². The van der Waals surface area contributed by atoms with E-state index in [9.17, 15) is 5.11 Å². The molecule has 4 heteroatoms. The van der Waals surface area contributed by atoms with Crippen LogP contribution in [0.4, 0.5) is 0 Å². The van der Waals surface area contributed by atoms with E-state index >= 15 is 0 Å². The first-order valence-corrected chi connectivity index (χ1v) is 7.87. The van der Waals surface area contributed by atoms with Crippen LogP contribution in [0.2, 0.25) is 0 Å². The predicted octanol–water partition coefficient (Wildman–Crippen LogP) is 1.86. The molecule has 1 aromatic rings. The van der Waals surface area contributed by atoms with Crippen molar-refractivity contribution in [3.05, 3.63) is 35.4 Å². The number of aliphatic hydroxyl groups excluding tert-OH is 1. The van der Waals surface area contributed by atoms with Gasteiger partial charge in [-0.05, 0) is 25.8 Å². The summed E-state index contributed by atoms with van der Waals surface area (Å²) in [7, 11) is 0. The van der Waals surface area contributed by atoms with Gasteiger partial charge in [-0.1, -0.05) is 36.8 Å². The standard InChI is InChI=1S/C17H28N2O2/c1-4-16(18)17(14-7-5-6-12(2)8-14)19-9-13(3)21-15(10-19)11-20/h5-8,13,15-17,20H,4,9-11,18H2,1-3H3. The van der Waals surface area contributed by atoms with Crippen LogP contribution >= 0.6 is 0 Å². The summed E-state index contributed by atoms with van der Waals surface area (Å²) in [4.78, 5) is 2.37. The van der Waals surface area contributed by atoms with Crippen LogP contribution in [0.25, 0.3) is 0 Å². The van der Waals surface area contributed by atoms with E-state index in [-0.39, 0.29) is 30.9 Å². The molecule has 21 heavy (non-hydrogen) atoms. The quantitative estimate of drug-likeness (QED) is 0.869. The molecule has 118 valence electrons. The van der Waals surface area contributed by atoms with Crippen molar-refractivity contribution < 1.29 is 9.84 Å². The smallest absolute Gasteiger partial charge is 0.0936 e. The van der Waals surface area contributed by atoms with Crippen LogP contribution in [0.1, 0.15) is 37.4 Å². The molecule has 4 nitrogen and oxygen atoms in total. The summed E-state index contributed by atoms with van der Waals surface area (Å²) in [5.74, 6) is 0. The summed E-state index contributed by atoms with van der Waals surface area (Å²) in [6, 6.07) is 8.83. The number of morpholine rings is 1. The zero-order valence-electron chi connectivity index (χ0n) is 13.3. The Balaban J connectivity index is 2.27. The lowest BCUT2D eigenvalue weighted by Gasteiger charge is -2.43. The Morgan fingerprint density at radius 1 is 1.43 bits per heavy atom. The van der Waals surface area contributed by atoms with Crippen molar-refractivity contribution in [1.82, 2.24) is 4.90 Å². The maximum Gasteiger partial charge on any atom is 0.0936 e. The largest absolute Gasteiger partial charge is 0.394 e. The van der Waals surface area contributed by atoms with E-state index in [2.05, 4.69) is 49.9 Å². The van der Waals surface area contributed by atoms with E-state index < -0.39 is 0 Å². The lowest BCUT2D eigenvalue weighted by molar-refractivity contribution is -0.108. The van der Waals surface area contributed by atoms with Crippen LogP contribution in [0.15, 0.2) is 24.3 Å². The number of ether oxygens (including phenoxy) is 1. The number of nitrogens with zero attached hydrogens (tertiary/aromatic N) is 1. The summed E-state index contributed by atoms with van der Waals surface area (Å²) in [6.07, 6.45) is 0.922. The molecule has 2 rings (SSSR count). The average molecular weight is 292 g/mol. The van der Waals surface area contributed by atoms with Gasteiger partial charge in [0.1, 0.15) is 0 Å². The van der Waals surface area contributed by atoms with Crippen molar-refractivity contribution in [3.63, 3.8) is 0 Å². The molecule has 0 spiro atoms. The summed E-state index contributed by atoms with van der Waals surface area (Å²) >= 11 is 0. The fourth-order valence-corrected chi connectivity index (χ4v) is 3.21. The third kappa shape index (κ3) is 4.04. The molecule has 1 aromatic carbocycles. The predicted molar refractivity (Wildman–Crippen MR) is 85.2 cm³/mol. The Labute approximate surface area is 127 Å². The molecule has 1 aliphatic rings. The molecule has 0 aliphatic carbocycles. The molecule has 4 unspecified atom stereocenters. The van der Waals surface area contributed by atoms with Crippen LogP contribution in [-0.4, -0.2) is 48.0 Å². The Hall–Kier alpha value is -0.940. The van der Waals surface area contributed by atoms with Crippen LogP contribution in [0, 0.1) is 6.92 Å². The van der Waals surface area contributed by atoms with Gasteiger partial charge < -0.3 is 15.6 Å². The summed E-state index contributed by atoms with van der Waals surface area (Å²) in [6.45, 7) is 7.93. The van der Waals surface area contributed by atoms with Crippen LogP contribution in [0.5, 0.6) is 0 Å². The fraction of sp³-hybridized carbons (Fsp3) is 0.647. The maximum absolute atomic E-state index is 9.44. The Kier molecular flexibility index (Phi) is 5.76. The van der Waals surface area contributed by atoms with Crippen molar-refractivity contribution in [2.24, 2.45) is 5.73 Å². The number of rotatable bonds is 5. The minimum atomic E-state index is -0.120. The van der Waals surface area contributed by atoms with Gasteiger partial charge in [0.2, 0.25) is 0 Å². The molecule has 4 atom stereocenters. The van der Waals surface area contributed by atoms with Crippen molar-refractivity contribution >= 4 is 0 Å². The van der Waals surface area contributed by atoms with Crippen molar-refractivity contribution in [2.75, 3.05) is 19.7 Å². The van der Waals surface area contributed by atoms with Gasteiger partial charge in [0, 0.05) is 19.1 Å². The minimum absolute atomic E-state index is 0.0583. The first kappa shape index (κ1) is 16.4. The SMILES string of the molecule is CCC(N)C(c1cccc(C)c1)N1CC(C)OC(CO)C1. The highest BCUT2D eigenvalue weighted by Crippen LogP contribution is 2.29. The Morgan fingerprint density at radius 2 is 2.19 bits per heavy atom. The number of benzene rings is 1. The van der Waals surface area contributed by atoms with E-state index in [1.807, 2.05) is 0 Å². The molecular weight excluding hydrogens is 264 g/mol. The minimum Gasteiger partial charge on any atom is -0.394 e. The highest BCUT2D eigenvalue weighted by atomic mass is 16.5. The normalized spacial score (nSPS) is 26.5. The maximum atomic E-state index is 9.44. The van der Waals surface area contributed by atoms with Gasteiger partial charge >= 0.3 is 0 Å². The van der Waals surface area contributed by atoms with Crippen molar-refractivity contribution in [3.8, 4) is 0 Å². The van der Waals surface area contributed by atoms with Gasteiger partial charge in [0.15, 0.2) is 0 Å². The second-order valence-corrected chi connectivity index (χ2v) is 6.14. The molecule has 1 aliphatic heterocycles. The van der Waals surface area contributed by atoms with Gasteiger partial charge in [0.05, 0.1) is 24.9 Å². The molecule has 0 bridgehead atoms. The molecule has 0 amide bonds. The molecule has 1 fully saturated rings. The van der Waals surface area contributed by atoms with E-state index in [1.165, 1.54) is 11.1 Å². The summed E-state index contributed by atoms with van der Waals surface area (Å²) in [5, 5.41) is 9.44. The second kappa shape index (κ2) is 7.36. The van der Waals surface area contributed by atoms with Crippen molar-refractivity contribution in [2.45, 2.75) is 51.5 Å². The topological polar surface area (TPSA) is 58.7 Å². The van der Waals surface area contributed by atoms with Gasteiger partial charge in [-0.25, -0.2) is 0 Å². The van der Waals surface area contributed by atoms with Gasteiger partial charge in [0.25, 0.3) is 0 Å². The average Bonchev–Trinajstić information content (AvgIpc) is 2.46. The summed E-state index contributed by atoms with van der Waals surface area (Å²) < 4.78 is 5.76. The van der Waals surface area contributed by atoms with E-state index in [1.54, 1.807) is 0 Å². The number of aliphatic hydroxyl groups is 1. The third-order valence-electron chi connectivity index (χ3n) is 4.21. The van der Waals surface area contributed by atoms with E-state index in [0.717, 1.165) is 19.5 Å². The summed E-state index contributed by atoms with van der Waals surface area (Å²) in [5.41, 5.74) is 8.93. The first-order valence-electron chi connectivity index (χ1n) is 7.87. The zero-order chi connectivity index (χ0) is 15.4. The lowest BCUT2D eigenvalue weighted by Crippen LogP contribution is -2.52. The molecule has 1 saturated heterocycles. The Bertz CT molecular complexity index is 452. The Morgan fingerprint density at radius 3 is 2.81 bits per heavy atom. The highest BCUT2D eigenvalue weighted by molar-refractivity contribution is 5.26. The van der Waals surface area contributed by atoms with Crippen molar-refractivity contribution in [1.29, 1.82) is 0 Å². The van der Waals surface area contributed by atoms with Gasteiger partial charge in [-0.2, -0.15) is 0 Å². The molecule has 3 N–H and O–H groups in total. The second-order valence-electron chi connectivity index (χ2n) is 6.14. The lowest BCUT2D eigenvalue weighted by atomic mass is 9.94. The first-order chi connectivity index (χ1) is 10.0. The van der Waals surface area contributed by atoms with Crippen LogP contribution in [0.3, 0.4) is 0 Å². The zero-order valence-corrected chi connectivity index (χ0v) is 13.3. The number of hydrogen-bond donors (Lipinski definition) is 2. The number of nitrogens with two attached hydrogens (primary N) is 1. The molecule has 0 aromatic heterocycles. The number of hydrogen-bond acceptors (Lipinski definition) is 4. The molecule has 0 radical (unpaired) electrons. The van der Waals surface area contributed by atoms with Crippen LogP contribution in [-0.2, 0) is 4.74 Å². The highest BCUT2D eigenvalue weighted by Gasteiger charge is 2.33. The number of aryl methyl sites for hydroxylation is 1. The molecule has 1 heterocycles. The van der Waals surface area contributed by atoms with E-state index in [4.69, 9.17) is 10.5 Å². The third-order valence-corrected chi connectivity index (χ3v) is 4.21. The van der Waals surface area contributed by atoms with Crippen LogP contribution < -0.4 is 5.73 Å². The fourth-order valence-electron chi connectivity index (χ4n) is 3.21. The molecule has 0 saturated carbocycles.